The molecule has 0 saturated carbocycles. The highest BCUT2D eigenvalue weighted by Gasteiger charge is 1.82. The maximum Gasteiger partial charge on any atom is 0.246 e. The maximum absolute atomic E-state index is 3.55. The van der Waals surface area contributed by atoms with E-state index < -0.39 is 0 Å². The number of aromatic nitrogens is 2. The van der Waals surface area contributed by atoms with Crippen LogP contribution in [-0.2, 0) is 0 Å². The van der Waals surface area contributed by atoms with Gasteiger partial charge in [0.1, 0.15) is 12.4 Å². The Morgan fingerprint density at radius 2 is 1.82 bits per heavy atom. The van der Waals surface area contributed by atoms with Gasteiger partial charge in [-0.25, -0.2) is 9.55 Å². The van der Waals surface area contributed by atoms with Crippen molar-refractivity contribution in [2.24, 2.45) is 0 Å². The second-order valence-corrected chi connectivity index (χ2v) is 1.24. The Morgan fingerprint density at radius 1 is 1.27 bits per heavy atom. The minimum atomic E-state index is 0. The molecule has 1 rings (SSSR count). The average molecular weight is 174 g/mol. The number of halogens is 4. The number of nitrogens with one attached hydrogen (secondary N) is 1. The van der Waals surface area contributed by atoms with Crippen LogP contribution in [0.5, 0.6) is 0 Å². The van der Waals surface area contributed by atoms with Crippen LogP contribution in [0.3, 0.4) is 0 Å². The summed E-state index contributed by atoms with van der Waals surface area (Å²) >= 11 is 0. The monoisotopic (exact) mass is 174 g/mol. The fourth-order valence-electron chi connectivity index (χ4n) is 0.415. The van der Waals surface area contributed by atoms with Crippen LogP contribution < -0.4 is 9.27 Å². The van der Waals surface area contributed by atoms with Gasteiger partial charge in [0.15, 0.2) is 0 Å². The van der Waals surface area contributed by atoms with Crippen molar-refractivity contribution in [1.29, 1.82) is 0 Å². The van der Waals surface area contributed by atoms with Gasteiger partial charge in [-0.15, -0.1) is 0 Å². The summed E-state index contributed by atoms with van der Waals surface area (Å²) in [6, 6.07) is 0. The molecule has 1 aromatic rings. The predicted molar refractivity (Wildman–Crippen MR) is 34.9 cm³/mol. The zero-order valence-electron chi connectivity index (χ0n) is 5.57. The fraction of sp³-hybridized carbons (Fsp3) is 0. The number of H-pyrrole nitrogens is 1. The van der Waals surface area contributed by atoms with Gasteiger partial charge >= 0.3 is 0 Å². The van der Waals surface area contributed by atoms with Crippen LogP contribution in [0.4, 0.5) is 14.1 Å². The lowest BCUT2D eigenvalue weighted by molar-refractivity contribution is -0.566. The predicted octanol–water partition coefficient (Wildman–Crippen LogP) is -2.14. The van der Waals surface area contributed by atoms with Crippen LogP contribution in [0.1, 0.15) is 0 Å². The van der Waals surface area contributed by atoms with Gasteiger partial charge in [-0.3, -0.25) is 14.1 Å². The van der Waals surface area contributed by atoms with Gasteiger partial charge in [0, 0.05) is 0 Å². The van der Waals surface area contributed by atoms with E-state index in [2.05, 4.69) is 11.6 Å². The molecule has 6 heteroatoms. The zero-order chi connectivity index (χ0) is 5.11. The molecule has 0 radical (unpaired) electrons. The zero-order valence-corrected chi connectivity index (χ0v) is 5.57. The second kappa shape index (κ2) is 11.5. The third-order valence-corrected chi connectivity index (χ3v) is 0.777. The molecule has 0 aliphatic heterocycles. The summed E-state index contributed by atoms with van der Waals surface area (Å²) in [6.45, 7) is 3.55. The molecule has 0 aliphatic rings. The molecule has 0 aliphatic carbocycles. The van der Waals surface area contributed by atoms with Gasteiger partial charge in [-0.05, 0) is 0 Å². The minimum absolute atomic E-state index is 0. The average Bonchev–Trinajstić information content (AvgIpc) is 2.14. The van der Waals surface area contributed by atoms with Crippen LogP contribution in [0, 0.1) is 0 Å². The number of aromatic amines is 1. The van der Waals surface area contributed by atoms with Crippen molar-refractivity contribution in [3.63, 3.8) is 0 Å². The first-order valence-corrected chi connectivity index (χ1v) is 2.09. The molecule has 0 amide bonds. The van der Waals surface area contributed by atoms with Gasteiger partial charge in [-0.1, -0.05) is 6.58 Å². The van der Waals surface area contributed by atoms with E-state index in [4.69, 9.17) is 0 Å². The summed E-state index contributed by atoms with van der Waals surface area (Å²) in [7, 11) is 0. The summed E-state index contributed by atoms with van der Waals surface area (Å²) in [4.78, 5) is 2.87. The number of hydrogen-bond acceptors (Lipinski definition) is 0. The van der Waals surface area contributed by atoms with Crippen molar-refractivity contribution >= 4 is 6.20 Å². The molecule has 68 valence electrons. The van der Waals surface area contributed by atoms with Crippen molar-refractivity contribution in [2.75, 3.05) is 0 Å². The van der Waals surface area contributed by atoms with Crippen LogP contribution in [0.15, 0.2) is 25.3 Å². The molecule has 0 atom stereocenters. The van der Waals surface area contributed by atoms with Gasteiger partial charge in [-0.2, -0.15) is 0 Å². The lowest BCUT2D eigenvalue weighted by Crippen LogP contribution is -3.00. The van der Waals surface area contributed by atoms with Gasteiger partial charge in [0.25, 0.3) is 0 Å². The number of imidazole rings is 1. The molecular weight excluding hydrogens is 164 g/mol. The third kappa shape index (κ3) is 6.56. The van der Waals surface area contributed by atoms with E-state index in [1.165, 1.54) is 0 Å². The van der Waals surface area contributed by atoms with E-state index in [-0.39, 0.29) is 18.8 Å². The van der Waals surface area contributed by atoms with Crippen LogP contribution in [-0.4, -0.2) is 4.98 Å². The van der Waals surface area contributed by atoms with E-state index in [1.54, 1.807) is 6.20 Å². The summed E-state index contributed by atoms with van der Waals surface area (Å²) < 4.78 is 1.83. The van der Waals surface area contributed by atoms with E-state index in [0.717, 1.165) is 0 Å². The third-order valence-electron chi connectivity index (χ3n) is 0.777. The van der Waals surface area contributed by atoms with Gasteiger partial charge in [0.2, 0.25) is 6.33 Å². The molecule has 0 spiro atoms. The minimum Gasteiger partial charge on any atom is -1.00 e. The highest BCUT2D eigenvalue weighted by atomic mass is 19.0. The summed E-state index contributed by atoms with van der Waals surface area (Å²) in [5.41, 5.74) is 0. The Morgan fingerprint density at radius 3 is 2.00 bits per heavy atom. The second-order valence-electron chi connectivity index (χ2n) is 1.24. The molecule has 0 aromatic carbocycles. The Kier molecular flexibility index (Phi) is 23.6. The highest BCUT2D eigenvalue weighted by Crippen LogP contribution is 1.65. The van der Waals surface area contributed by atoms with Crippen molar-refractivity contribution in [3.8, 4) is 0 Å². The van der Waals surface area contributed by atoms with Crippen LogP contribution in [0.2, 0.25) is 0 Å². The topological polar surface area (TPSA) is 19.7 Å². The molecule has 1 heterocycles. The Hall–Kier alpha value is -1.33. The Labute approximate surface area is 61.0 Å². The quantitative estimate of drug-likeness (QED) is 0.370. The van der Waals surface area contributed by atoms with E-state index in [9.17, 15) is 0 Å². The van der Waals surface area contributed by atoms with Crippen molar-refractivity contribution in [1.82, 2.24) is 4.98 Å². The number of nitrogens with zero attached hydrogens (tertiary/aromatic N) is 1. The van der Waals surface area contributed by atoms with Gasteiger partial charge in [0.05, 0.1) is 6.20 Å². The summed E-state index contributed by atoms with van der Waals surface area (Å²) in [5, 5.41) is 0. The smallest absolute Gasteiger partial charge is 0.246 e. The summed E-state index contributed by atoms with van der Waals surface area (Å²) in [5.74, 6) is 0. The van der Waals surface area contributed by atoms with E-state index in [0.29, 0.717) is 0 Å². The molecule has 11 heavy (non-hydrogen) atoms. The fourth-order valence-corrected chi connectivity index (χ4v) is 0.415. The van der Waals surface area contributed by atoms with E-state index >= 15 is 0 Å². The highest BCUT2D eigenvalue weighted by molar-refractivity contribution is 4.93. The van der Waals surface area contributed by atoms with Crippen LogP contribution in [0.25, 0.3) is 6.20 Å². The molecule has 1 N–H and O–H groups in total. The van der Waals surface area contributed by atoms with Crippen molar-refractivity contribution < 1.29 is 23.4 Å². The normalized spacial score (nSPS) is 5.45. The Balaban J connectivity index is -0.0000000612. The molecular formula is C5H10F4N2. The largest absolute Gasteiger partial charge is 1.00 e. The van der Waals surface area contributed by atoms with Gasteiger partial charge < -0.3 is 4.70 Å². The maximum atomic E-state index is 3.55. The number of hydrogen-bond donors (Lipinski definition) is 1. The molecule has 0 unspecified atom stereocenters. The summed E-state index contributed by atoms with van der Waals surface area (Å²) in [6.07, 6.45) is 7.25. The molecule has 1 aromatic heterocycles. The molecule has 2 nitrogen and oxygen atoms in total. The lowest BCUT2D eigenvalue weighted by Gasteiger charge is -1.70. The first kappa shape index (κ1) is 22.6. The molecule has 0 fully saturated rings. The number of rotatable bonds is 1. The molecule has 0 saturated heterocycles. The van der Waals surface area contributed by atoms with Crippen molar-refractivity contribution in [3.05, 3.63) is 25.3 Å². The van der Waals surface area contributed by atoms with Crippen molar-refractivity contribution in [2.45, 2.75) is 0 Å². The first-order chi connectivity index (χ1) is 3.43. The van der Waals surface area contributed by atoms with E-state index in [1.807, 2.05) is 23.3 Å². The standard InChI is InChI=1S/C5H6N2.4FH/c1-2-7-4-3-6-5-7;;;;/h2-5H,1H2;4*1H. The molecule has 0 bridgehead atoms. The van der Waals surface area contributed by atoms with Crippen LogP contribution >= 0.6 is 0 Å². The Bertz CT molecular complexity index is 152. The SMILES string of the molecule is C=C[n+]1cc[nH]c1.F.F.F.[F-]. The lowest BCUT2D eigenvalue weighted by atomic mass is 10.9. The first-order valence-electron chi connectivity index (χ1n) is 2.09.